The highest BCUT2D eigenvalue weighted by Gasteiger charge is 2.30. The number of unbranched alkanes of at least 4 members (excludes halogenated alkanes) is 3. The van der Waals surface area contributed by atoms with Gasteiger partial charge in [-0.3, -0.25) is 14.2 Å². The molecule has 0 radical (unpaired) electrons. The molecular weight excluding hydrogens is 571 g/mol. The highest BCUT2D eigenvalue weighted by molar-refractivity contribution is 9.09. The number of benzene rings is 4. The smallest absolute Gasteiger partial charge is 0.416 e. The van der Waals surface area contributed by atoms with Gasteiger partial charge in [-0.2, -0.15) is 13.2 Å². The maximum Gasteiger partial charge on any atom is 0.416 e. The van der Waals surface area contributed by atoms with Crippen LogP contribution in [-0.2, 0) is 12.7 Å². The molecule has 4 nitrogen and oxygen atoms in total. The minimum Gasteiger partial charge on any atom is -0.456 e. The highest BCUT2D eigenvalue weighted by atomic mass is 79.9. The fourth-order valence-corrected chi connectivity index (χ4v) is 5.81. The largest absolute Gasteiger partial charge is 0.456 e. The van der Waals surface area contributed by atoms with Crippen molar-refractivity contribution in [2.24, 2.45) is 0 Å². The maximum atomic E-state index is 13.4. The molecule has 39 heavy (non-hydrogen) atoms. The Balaban J connectivity index is 1.51. The Morgan fingerprint density at radius 1 is 0.667 bits per heavy atom. The van der Waals surface area contributed by atoms with Gasteiger partial charge in [0.15, 0.2) is 0 Å². The number of alkyl halides is 4. The van der Waals surface area contributed by atoms with Crippen molar-refractivity contribution < 1.29 is 17.6 Å². The van der Waals surface area contributed by atoms with Crippen molar-refractivity contribution in [3.05, 3.63) is 93.0 Å². The molecule has 0 unspecified atom stereocenters. The average molecular weight is 594 g/mol. The number of halogens is 4. The summed E-state index contributed by atoms with van der Waals surface area (Å²) in [4.78, 5) is 26.8. The first-order valence-electron chi connectivity index (χ1n) is 12.8. The third-order valence-corrected chi connectivity index (χ3v) is 7.93. The Hall–Kier alpha value is -3.65. The average Bonchev–Trinajstić information content (AvgIpc) is 2.93. The summed E-state index contributed by atoms with van der Waals surface area (Å²) in [5.41, 5.74) is 1.21. The molecule has 8 heteroatoms. The van der Waals surface area contributed by atoms with Crippen LogP contribution in [0.5, 0.6) is 0 Å². The van der Waals surface area contributed by atoms with E-state index in [0.29, 0.717) is 44.8 Å². The SMILES string of the molecule is O=c1c2ccc3oc4ccc(-c5ccc(C(F)(F)F)cc5)cc4c4ccc(c(=O)n1CCCCCCBr)c2c34. The zero-order valence-corrected chi connectivity index (χ0v) is 22.4. The number of rotatable bonds is 7. The summed E-state index contributed by atoms with van der Waals surface area (Å²) in [5, 5.41) is 4.71. The lowest BCUT2D eigenvalue weighted by Crippen LogP contribution is -2.33. The fourth-order valence-electron chi connectivity index (χ4n) is 5.41. The van der Waals surface area contributed by atoms with E-state index in [2.05, 4.69) is 15.9 Å². The van der Waals surface area contributed by atoms with Gasteiger partial charge in [-0.25, -0.2) is 0 Å². The van der Waals surface area contributed by atoms with Gasteiger partial charge in [0.25, 0.3) is 11.1 Å². The summed E-state index contributed by atoms with van der Waals surface area (Å²) >= 11 is 3.42. The first-order valence-corrected chi connectivity index (χ1v) is 13.9. The van der Waals surface area contributed by atoms with Crippen molar-refractivity contribution in [1.82, 2.24) is 4.57 Å². The van der Waals surface area contributed by atoms with Gasteiger partial charge in [-0.05, 0) is 71.8 Å². The van der Waals surface area contributed by atoms with E-state index in [1.807, 2.05) is 12.1 Å². The third kappa shape index (κ3) is 4.40. The summed E-state index contributed by atoms with van der Waals surface area (Å²) in [6, 6.07) is 17.6. The normalized spacial score (nSPS) is 12.4. The molecule has 0 aliphatic rings. The van der Waals surface area contributed by atoms with Crippen LogP contribution in [0.15, 0.2) is 80.7 Å². The minimum absolute atomic E-state index is 0.305. The van der Waals surface area contributed by atoms with Gasteiger partial charge in [-0.15, -0.1) is 0 Å². The Morgan fingerprint density at radius 3 is 1.97 bits per heavy atom. The van der Waals surface area contributed by atoms with E-state index in [4.69, 9.17) is 4.42 Å². The van der Waals surface area contributed by atoms with Gasteiger partial charge in [0.1, 0.15) is 11.2 Å². The van der Waals surface area contributed by atoms with Crippen LogP contribution in [0.1, 0.15) is 31.2 Å². The van der Waals surface area contributed by atoms with Crippen LogP contribution < -0.4 is 11.1 Å². The lowest BCUT2D eigenvalue weighted by atomic mass is 9.95. The topological polar surface area (TPSA) is 52.2 Å². The monoisotopic (exact) mass is 593 g/mol. The summed E-state index contributed by atoms with van der Waals surface area (Å²) in [6.45, 7) is 0.375. The number of fused-ring (bicyclic) bond motifs is 2. The lowest BCUT2D eigenvalue weighted by molar-refractivity contribution is -0.137. The van der Waals surface area contributed by atoms with Crippen molar-refractivity contribution >= 4 is 59.4 Å². The molecule has 0 saturated carbocycles. The van der Waals surface area contributed by atoms with Crippen molar-refractivity contribution in [2.75, 3.05) is 5.33 Å². The summed E-state index contributed by atoms with van der Waals surface area (Å²) in [7, 11) is 0. The van der Waals surface area contributed by atoms with Gasteiger partial charge >= 0.3 is 6.18 Å². The molecule has 0 fully saturated rings. The second kappa shape index (κ2) is 9.83. The molecule has 0 atom stereocenters. The van der Waals surface area contributed by atoms with Crippen molar-refractivity contribution in [3.63, 3.8) is 0 Å². The minimum atomic E-state index is -4.40. The first-order chi connectivity index (χ1) is 18.8. The second-order valence-electron chi connectivity index (χ2n) is 9.78. The zero-order chi connectivity index (χ0) is 27.3. The van der Waals surface area contributed by atoms with Crippen molar-refractivity contribution in [3.8, 4) is 11.1 Å². The molecule has 6 aromatic rings. The van der Waals surface area contributed by atoms with Gasteiger partial charge in [-0.1, -0.05) is 53.0 Å². The van der Waals surface area contributed by atoms with E-state index in [0.717, 1.165) is 59.5 Å². The van der Waals surface area contributed by atoms with Crippen LogP contribution in [0.3, 0.4) is 0 Å². The van der Waals surface area contributed by atoms with E-state index < -0.39 is 11.7 Å². The molecule has 198 valence electrons. The predicted octanol–water partition coefficient (Wildman–Crippen LogP) is 8.49. The number of nitrogens with zero attached hydrogens (tertiary/aromatic N) is 1. The lowest BCUT2D eigenvalue weighted by Gasteiger charge is -2.14. The third-order valence-electron chi connectivity index (χ3n) is 7.37. The number of hydrogen-bond donors (Lipinski definition) is 0. The van der Waals surface area contributed by atoms with E-state index in [1.54, 1.807) is 30.3 Å². The predicted molar refractivity (Wildman–Crippen MR) is 153 cm³/mol. The standard InChI is InChI=1S/C31H23BrF3NO3/c32-15-3-1-2-4-16-36-29(37)22-11-10-21-24-17-19(18-5-8-20(9-6-18)31(33,34)35)7-13-25(24)39-26-14-12-23(30(36)38)27(22)28(21)26/h5-14,17H,1-4,15-16H2. The molecule has 0 aliphatic heterocycles. The van der Waals surface area contributed by atoms with Crippen molar-refractivity contribution in [2.45, 2.75) is 38.4 Å². The number of hydrogen-bond acceptors (Lipinski definition) is 3. The van der Waals surface area contributed by atoms with E-state index in [-0.39, 0.29) is 11.1 Å². The first kappa shape index (κ1) is 25.6. The maximum absolute atomic E-state index is 13.4. The second-order valence-corrected chi connectivity index (χ2v) is 10.6. The van der Waals surface area contributed by atoms with Crippen LogP contribution in [0, 0.1) is 0 Å². The molecule has 0 amide bonds. The quantitative estimate of drug-likeness (QED) is 0.0806. The van der Waals surface area contributed by atoms with Crippen LogP contribution in [0.2, 0.25) is 0 Å². The molecule has 2 aromatic heterocycles. The Kier molecular flexibility index (Phi) is 6.46. The van der Waals surface area contributed by atoms with Gasteiger partial charge < -0.3 is 4.42 Å². The summed E-state index contributed by atoms with van der Waals surface area (Å²) in [5.74, 6) is 0. The molecule has 0 spiro atoms. The highest BCUT2D eigenvalue weighted by Crippen LogP contribution is 2.38. The summed E-state index contributed by atoms with van der Waals surface area (Å²) < 4.78 is 46.6. The fraction of sp³-hybridized carbons (Fsp3) is 0.226. The molecule has 0 bridgehead atoms. The van der Waals surface area contributed by atoms with Crippen LogP contribution in [-0.4, -0.2) is 9.90 Å². The summed E-state index contributed by atoms with van der Waals surface area (Å²) in [6.07, 6.45) is -0.625. The Morgan fingerprint density at radius 2 is 1.28 bits per heavy atom. The van der Waals surface area contributed by atoms with E-state index >= 15 is 0 Å². The van der Waals surface area contributed by atoms with Crippen molar-refractivity contribution in [1.29, 1.82) is 0 Å². The van der Waals surface area contributed by atoms with Gasteiger partial charge in [0.2, 0.25) is 0 Å². The molecule has 0 N–H and O–H groups in total. The Labute approximate surface area is 229 Å². The zero-order valence-electron chi connectivity index (χ0n) is 20.8. The number of pyridine rings is 1. The van der Waals surface area contributed by atoms with E-state index in [1.165, 1.54) is 16.7 Å². The Bertz CT molecular complexity index is 1920. The number of aromatic nitrogens is 1. The van der Waals surface area contributed by atoms with Crippen LogP contribution in [0.4, 0.5) is 13.2 Å². The molecule has 6 rings (SSSR count). The van der Waals surface area contributed by atoms with Crippen LogP contribution >= 0.6 is 15.9 Å². The van der Waals surface area contributed by atoms with E-state index in [9.17, 15) is 22.8 Å². The van der Waals surface area contributed by atoms with Crippen LogP contribution in [0.25, 0.3) is 54.6 Å². The molecule has 4 aromatic carbocycles. The van der Waals surface area contributed by atoms with Gasteiger partial charge in [0.05, 0.1) is 5.56 Å². The molecule has 0 saturated heterocycles. The van der Waals surface area contributed by atoms with Gasteiger partial charge in [0, 0.05) is 38.8 Å². The molecule has 0 aliphatic carbocycles. The molecular formula is C31H23BrF3NO3. The molecule has 2 heterocycles.